The Bertz CT molecular complexity index is 962. The van der Waals surface area contributed by atoms with Crippen molar-refractivity contribution in [1.29, 1.82) is 0 Å². The molecule has 0 aromatic heterocycles. The molecule has 2 aromatic carbocycles. The molecule has 27 heavy (non-hydrogen) atoms. The van der Waals surface area contributed by atoms with Gasteiger partial charge in [0.2, 0.25) is 5.91 Å². The van der Waals surface area contributed by atoms with Gasteiger partial charge in [-0.3, -0.25) is 9.69 Å². The standard InChI is InChI=1S/C20H21NO5S/c1-14(22)21(19-6-4-3-5-18(19)20(23)26-2)16-9-11-17(12-10-16)27(24,25)13-15-7-8-15/h3-6,9-12,15H,7-8,13H2,1-2H3. The lowest BCUT2D eigenvalue weighted by Crippen LogP contribution is -2.25. The summed E-state index contributed by atoms with van der Waals surface area (Å²) >= 11 is 0. The maximum absolute atomic E-state index is 12.4. The molecule has 1 amide bonds. The molecule has 1 fully saturated rings. The molecule has 3 rings (SSSR count). The van der Waals surface area contributed by atoms with E-state index in [1.165, 1.54) is 31.1 Å². The van der Waals surface area contributed by atoms with Gasteiger partial charge in [-0.1, -0.05) is 12.1 Å². The monoisotopic (exact) mass is 387 g/mol. The molecule has 7 heteroatoms. The average Bonchev–Trinajstić information content (AvgIpc) is 3.45. The Balaban J connectivity index is 1.97. The van der Waals surface area contributed by atoms with Crippen LogP contribution in [-0.4, -0.2) is 33.2 Å². The van der Waals surface area contributed by atoms with Crippen molar-refractivity contribution in [3.8, 4) is 0 Å². The number of rotatable bonds is 6. The molecule has 6 nitrogen and oxygen atoms in total. The van der Waals surface area contributed by atoms with Gasteiger partial charge in [0.15, 0.2) is 9.84 Å². The van der Waals surface area contributed by atoms with Crippen LogP contribution in [0.2, 0.25) is 0 Å². The normalized spacial score (nSPS) is 13.9. The number of sulfone groups is 1. The molecule has 0 N–H and O–H groups in total. The van der Waals surface area contributed by atoms with Crippen LogP contribution in [0, 0.1) is 5.92 Å². The highest BCUT2D eigenvalue weighted by Crippen LogP contribution is 2.34. The quantitative estimate of drug-likeness (QED) is 0.710. The number of amides is 1. The molecule has 142 valence electrons. The number of carbonyl (C=O) groups is 2. The molecule has 1 aliphatic rings. The molecule has 0 saturated heterocycles. The second-order valence-corrected chi connectivity index (χ2v) is 8.62. The molecule has 0 atom stereocenters. The molecule has 2 aromatic rings. The van der Waals surface area contributed by atoms with Crippen LogP contribution in [0.5, 0.6) is 0 Å². The third kappa shape index (κ3) is 4.19. The van der Waals surface area contributed by atoms with E-state index in [0.717, 1.165) is 12.8 Å². The summed E-state index contributed by atoms with van der Waals surface area (Å²) < 4.78 is 29.6. The molecule has 0 spiro atoms. The minimum absolute atomic E-state index is 0.161. The zero-order chi connectivity index (χ0) is 19.6. The minimum atomic E-state index is -3.33. The van der Waals surface area contributed by atoms with E-state index in [0.29, 0.717) is 11.4 Å². The zero-order valence-electron chi connectivity index (χ0n) is 15.2. The fourth-order valence-corrected chi connectivity index (χ4v) is 4.63. The first-order valence-electron chi connectivity index (χ1n) is 8.64. The van der Waals surface area contributed by atoms with Crippen LogP contribution in [0.4, 0.5) is 11.4 Å². The Hall–Kier alpha value is -2.67. The first kappa shape index (κ1) is 19.1. The number of esters is 1. The van der Waals surface area contributed by atoms with E-state index in [1.54, 1.807) is 36.4 Å². The minimum Gasteiger partial charge on any atom is -0.465 e. The molecule has 0 bridgehead atoms. The molecule has 0 heterocycles. The molecule has 0 radical (unpaired) electrons. The van der Waals surface area contributed by atoms with Gasteiger partial charge >= 0.3 is 5.97 Å². The second-order valence-electron chi connectivity index (χ2n) is 6.58. The van der Waals surface area contributed by atoms with E-state index in [-0.39, 0.29) is 28.0 Å². The van der Waals surface area contributed by atoms with E-state index in [1.807, 2.05) is 0 Å². The zero-order valence-corrected chi connectivity index (χ0v) is 16.0. The van der Waals surface area contributed by atoms with Crippen LogP contribution in [0.15, 0.2) is 53.4 Å². The van der Waals surface area contributed by atoms with E-state index in [9.17, 15) is 18.0 Å². The largest absolute Gasteiger partial charge is 0.465 e. The number of methoxy groups -OCH3 is 1. The van der Waals surface area contributed by atoms with Crippen molar-refractivity contribution in [3.63, 3.8) is 0 Å². The lowest BCUT2D eigenvalue weighted by molar-refractivity contribution is -0.115. The van der Waals surface area contributed by atoms with Gasteiger partial charge in [0, 0.05) is 12.6 Å². The lowest BCUT2D eigenvalue weighted by Gasteiger charge is -2.23. The van der Waals surface area contributed by atoms with Crippen LogP contribution in [-0.2, 0) is 19.4 Å². The number of benzene rings is 2. The average molecular weight is 387 g/mol. The van der Waals surface area contributed by atoms with Gasteiger partial charge in [0.05, 0.1) is 29.0 Å². The van der Waals surface area contributed by atoms with Gasteiger partial charge in [-0.05, 0) is 55.2 Å². The first-order chi connectivity index (χ1) is 12.8. The van der Waals surface area contributed by atoms with Crippen LogP contribution in [0.25, 0.3) is 0 Å². The Morgan fingerprint density at radius 3 is 2.26 bits per heavy atom. The van der Waals surface area contributed by atoms with Gasteiger partial charge in [0.1, 0.15) is 0 Å². The molecular weight excluding hydrogens is 366 g/mol. The van der Waals surface area contributed by atoms with Gasteiger partial charge < -0.3 is 4.74 Å². The Labute approximate surface area is 158 Å². The number of carbonyl (C=O) groups excluding carboxylic acids is 2. The summed E-state index contributed by atoms with van der Waals surface area (Å²) in [5.41, 5.74) is 1.11. The topological polar surface area (TPSA) is 80.8 Å². The van der Waals surface area contributed by atoms with Crippen LogP contribution < -0.4 is 4.90 Å². The smallest absolute Gasteiger partial charge is 0.339 e. The van der Waals surface area contributed by atoms with E-state index in [4.69, 9.17) is 4.74 Å². The fourth-order valence-electron chi connectivity index (χ4n) is 2.94. The second kappa shape index (κ2) is 7.52. The summed E-state index contributed by atoms with van der Waals surface area (Å²) in [4.78, 5) is 25.9. The van der Waals surface area contributed by atoms with E-state index < -0.39 is 15.8 Å². The van der Waals surface area contributed by atoms with E-state index >= 15 is 0 Å². The highest BCUT2D eigenvalue weighted by Gasteiger charge is 2.29. The molecular formula is C20H21NO5S. The highest BCUT2D eigenvalue weighted by molar-refractivity contribution is 7.91. The van der Waals surface area contributed by atoms with Crippen molar-refractivity contribution in [2.45, 2.75) is 24.7 Å². The lowest BCUT2D eigenvalue weighted by atomic mass is 10.1. The maximum Gasteiger partial charge on any atom is 0.339 e. The van der Waals surface area contributed by atoms with Crippen molar-refractivity contribution in [3.05, 3.63) is 54.1 Å². The fraction of sp³-hybridized carbons (Fsp3) is 0.300. The maximum atomic E-state index is 12.4. The molecule has 0 aliphatic heterocycles. The number of hydrogen-bond acceptors (Lipinski definition) is 5. The number of nitrogens with zero attached hydrogens (tertiary/aromatic N) is 1. The molecule has 1 aliphatic carbocycles. The summed E-state index contributed by atoms with van der Waals surface area (Å²) in [5.74, 6) is -0.440. The number of ether oxygens (including phenoxy) is 1. The number of para-hydroxylation sites is 1. The van der Waals surface area contributed by atoms with Gasteiger partial charge in [-0.15, -0.1) is 0 Å². The van der Waals surface area contributed by atoms with Crippen molar-refractivity contribution >= 4 is 33.1 Å². The van der Waals surface area contributed by atoms with Crippen LogP contribution >= 0.6 is 0 Å². The van der Waals surface area contributed by atoms with Crippen LogP contribution in [0.3, 0.4) is 0 Å². The Morgan fingerprint density at radius 1 is 1.07 bits per heavy atom. The summed E-state index contributed by atoms with van der Waals surface area (Å²) in [6, 6.07) is 12.8. The number of hydrogen-bond donors (Lipinski definition) is 0. The summed E-state index contributed by atoms with van der Waals surface area (Å²) in [5, 5.41) is 0. The van der Waals surface area contributed by atoms with Crippen molar-refractivity contribution in [1.82, 2.24) is 0 Å². The van der Waals surface area contributed by atoms with Crippen LogP contribution in [0.1, 0.15) is 30.1 Å². The van der Waals surface area contributed by atoms with Crippen molar-refractivity contribution < 1.29 is 22.7 Å². The molecule has 1 saturated carbocycles. The van der Waals surface area contributed by atoms with Crippen molar-refractivity contribution in [2.24, 2.45) is 5.92 Å². The Morgan fingerprint density at radius 2 is 1.70 bits per heavy atom. The number of anilines is 2. The Kier molecular flexibility index (Phi) is 5.32. The van der Waals surface area contributed by atoms with Gasteiger partial charge in [-0.25, -0.2) is 13.2 Å². The van der Waals surface area contributed by atoms with E-state index in [2.05, 4.69) is 0 Å². The summed E-state index contributed by atoms with van der Waals surface area (Å²) in [6.45, 7) is 1.38. The third-order valence-electron chi connectivity index (χ3n) is 4.47. The van der Waals surface area contributed by atoms with Gasteiger partial charge in [-0.2, -0.15) is 0 Å². The van der Waals surface area contributed by atoms with Gasteiger partial charge in [0.25, 0.3) is 0 Å². The predicted octanol–water partition coefficient (Wildman–Crippen LogP) is 3.34. The molecule has 0 unspecified atom stereocenters. The summed E-state index contributed by atoms with van der Waals surface area (Å²) in [7, 11) is -2.05. The predicted molar refractivity (Wildman–Crippen MR) is 102 cm³/mol. The summed E-state index contributed by atoms with van der Waals surface area (Å²) in [6.07, 6.45) is 1.92. The first-order valence-corrected chi connectivity index (χ1v) is 10.3. The third-order valence-corrected chi connectivity index (χ3v) is 6.37. The van der Waals surface area contributed by atoms with Crippen molar-refractivity contribution in [2.75, 3.05) is 17.8 Å². The SMILES string of the molecule is COC(=O)c1ccccc1N(C(C)=O)c1ccc(S(=O)(=O)CC2CC2)cc1. The highest BCUT2D eigenvalue weighted by atomic mass is 32.2.